The topological polar surface area (TPSA) is 67.9 Å². The van der Waals surface area contributed by atoms with Crippen LogP contribution < -0.4 is 19.1 Å². The number of hydrogen-bond donors (Lipinski definition) is 1. The Hall–Kier alpha value is -2.59. The molecule has 6 nitrogen and oxygen atoms in total. The van der Waals surface area contributed by atoms with Crippen molar-refractivity contribution >= 4 is 39.7 Å². The van der Waals surface area contributed by atoms with E-state index in [1.807, 2.05) is 0 Å². The first kappa shape index (κ1) is 28.0. The van der Waals surface area contributed by atoms with Crippen molar-refractivity contribution in [2.45, 2.75) is 23.8 Å². The maximum absolute atomic E-state index is 14.5. The predicted octanol–water partition coefficient (Wildman–Crippen LogP) is 5.21. The fourth-order valence-corrected chi connectivity index (χ4v) is 6.18. The molecule has 0 unspecified atom stereocenters. The van der Waals surface area contributed by atoms with Crippen molar-refractivity contribution < 1.29 is 26.7 Å². The van der Waals surface area contributed by atoms with Gasteiger partial charge in [-0.15, -0.1) is 12.4 Å². The number of hydrogen-bond acceptors (Lipinski definition) is 5. The molecule has 11 heteroatoms. The molecule has 1 fully saturated rings. The van der Waals surface area contributed by atoms with E-state index < -0.39 is 27.7 Å². The van der Waals surface area contributed by atoms with Gasteiger partial charge in [-0.05, 0) is 61.0 Å². The van der Waals surface area contributed by atoms with Crippen LogP contribution in [0.3, 0.4) is 0 Å². The van der Waals surface area contributed by atoms with Gasteiger partial charge in [-0.25, -0.2) is 17.2 Å². The van der Waals surface area contributed by atoms with Crippen LogP contribution in [-0.4, -0.2) is 41.8 Å². The van der Waals surface area contributed by atoms with E-state index in [2.05, 4.69) is 5.32 Å². The summed E-state index contributed by atoms with van der Waals surface area (Å²) in [5.74, 6) is -0.772. The zero-order chi connectivity index (χ0) is 25.2. The standard InChI is InChI=1S/C25H25ClF2N2O4S.ClH/c1-33-24-9-7-19(14-25(24)34-2)35(31,32)30(18-10-11-29-15-18)23-8-6-17(26)12-16(23)13-20-21(27)4-3-5-22(20)28;/h3-9,12,14,18,29H,10-11,13,15H2,1-2H3;1H/t18-;/m1./s1. The SMILES string of the molecule is COc1ccc(S(=O)(=O)N(c2ccc(Cl)cc2Cc2c(F)cccc2F)[C@@H]2CCNC2)cc1OC.Cl. The molecule has 0 bridgehead atoms. The van der Waals surface area contributed by atoms with Crippen LogP contribution in [0.1, 0.15) is 17.5 Å². The normalized spacial score (nSPS) is 15.3. The van der Waals surface area contributed by atoms with E-state index in [1.54, 1.807) is 18.2 Å². The number of halogens is 4. The monoisotopic (exact) mass is 558 g/mol. The molecule has 0 aliphatic carbocycles. The maximum atomic E-state index is 14.5. The van der Waals surface area contributed by atoms with Crippen LogP contribution in [0, 0.1) is 11.6 Å². The third kappa shape index (κ3) is 5.54. The summed E-state index contributed by atoms with van der Waals surface area (Å²) in [4.78, 5) is 0.0000206. The van der Waals surface area contributed by atoms with Crippen LogP contribution in [0.25, 0.3) is 0 Å². The largest absolute Gasteiger partial charge is 0.493 e. The summed E-state index contributed by atoms with van der Waals surface area (Å²) in [6.07, 6.45) is 0.384. The van der Waals surface area contributed by atoms with Crippen molar-refractivity contribution in [1.82, 2.24) is 5.32 Å². The van der Waals surface area contributed by atoms with Gasteiger partial charge in [0.15, 0.2) is 11.5 Å². The third-order valence-electron chi connectivity index (χ3n) is 5.99. The summed E-state index contributed by atoms with van der Waals surface area (Å²) in [6.45, 7) is 1.05. The highest BCUT2D eigenvalue weighted by atomic mass is 35.5. The number of nitrogens with zero attached hydrogens (tertiary/aromatic N) is 1. The van der Waals surface area contributed by atoms with E-state index in [0.29, 0.717) is 41.5 Å². The van der Waals surface area contributed by atoms with Crippen molar-refractivity contribution in [3.05, 3.63) is 82.4 Å². The van der Waals surface area contributed by atoms with Gasteiger partial charge in [-0.3, -0.25) is 4.31 Å². The Bertz CT molecular complexity index is 1320. The second-order valence-electron chi connectivity index (χ2n) is 8.11. The van der Waals surface area contributed by atoms with Crippen LogP contribution in [0.4, 0.5) is 14.5 Å². The molecular formula is C25H26Cl2F2N2O4S. The Morgan fingerprint density at radius 3 is 2.33 bits per heavy atom. The summed E-state index contributed by atoms with van der Waals surface area (Å²) in [5.41, 5.74) is 0.530. The first-order chi connectivity index (χ1) is 16.8. The van der Waals surface area contributed by atoms with Crippen molar-refractivity contribution in [3.8, 4) is 11.5 Å². The second kappa shape index (κ2) is 11.6. The molecule has 1 aliphatic rings. The van der Waals surface area contributed by atoms with E-state index in [9.17, 15) is 17.2 Å². The van der Waals surface area contributed by atoms with Crippen LogP contribution in [0.2, 0.25) is 5.02 Å². The molecule has 36 heavy (non-hydrogen) atoms. The molecule has 0 saturated carbocycles. The number of methoxy groups -OCH3 is 2. The lowest BCUT2D eigenvalue weighted by Gasteiger charge is -2.32. The Morgan fingerprint density at radius 1 is 1.03 bits per heavy atom. The van der Waals surface area contributed by atoms with Crippen LogP contribution in [0.5, 0.6) is 11.5 Å². The number of ether oxygens (including phenoxy) is 2. The number of benzene rings is 3. The Labute approximate surface area is 220 Å². The quantitative estimate of drug-likeness (QED) is 0.411. The van der Waals surface area contributed by atoms with Gasteiger partial charge in [0.05, 0.1) is 30.8 Å². The molecule has 0 radical (unpaired) electrons. The Morgan fingerprint density at radius 2 is 1.72 bits per heavy atom. The van der Waals surface area contributed by atoms with Crippen molar-refractivity contribution in [1.29, 1.82) is 0 Å². The highest BCUT2D eigenvalue weighted by Crippen LogP contribution is 2.37. The average molecular weight is 559 g/mol. The average Bonchev–Trinajstić information content (AvgIpc) is 3.36. The van der Waals surface area contributed by atoms with Crippen LogP contribution in [0.15, 0.2) is 59.5 Å². The van der Waals surface area contributed by atoms with E-state index in [4.69, 9.17) is 21.1 Å². The van der Waals surface area contributed by atoms with Crippen molar-refractivity contribution in [3.63, 3.8) is 0 Å². The van der Waals surface area contributed by atoms with Gasteiger partial charge in [0.1, 0.15) is 11.6 Å². The zero-order valence-electron chi connectivity index (χ0n) is 19.6. The first-order valence-corrected chi connectivity index (χ1v) is 12.8. The summed E-state index contributed by atoms with van der Waals surface area (Å²) in [6, 6.07) is 12.3. The molecule has 0 spiro atoms. The van der Waals surface area contributed by atoms with Crippen molar-refractivity contribution in [2.24, 2.45) is 0 Å². The van der Waals surface area contributed by atoms with Crippen LogP contribution in [-0.2, 0) is 16.4 Å². The zero-order valence-corrected chi connectivity index (χ0v) is 22.0. The minimum Gasteiger partial charge on any atom is -0.493 e. The Balaban J connectivity index is 0.00000361. The summed E-state index contributed by atoms with van der Waals surface area (Å²) in [7, 11) is -1.23. The number of nitrogens with one attached hydrogen (secondary N) is 1. The first-order valence-electron chi connectivity index (χ1n) is 10.9. The number of rotatable bonds is 8. The molecule has 3 aromatic carbocycles. The van der Waals surface area contributed by atoms with E-state index in [0.717, 1.165) is 0 Å². The molecule has 1 N–H and O–H groups in total. The van der Waals surface area contributed by atoms with E-state index in [1.165, 1.54) is 54.9 Å². The van der Waals surface area contributed by atoms with E-state index >= 15 is 0 Å². The molecule has 3 aromatic rings. The summed E-state index contributed by atoms with van der Waals surface area (Å²) in [5, 5.41) is 3.52. The van der Waals surface area contributed by atoms with Gasteiger partial charge in [0.2, 0.25) is 0 Å². The molecule has 1 saturated heterocycles. The number of anilines is 1. The maximum Gasteiger partial charge on any atom is 0.264 e. The minimum atomic E-state index is -4.12. The number of sulfonamides is 1. The second-order valence-corrected chi connectivity index (χ2v) is 10.4. The molecule has 1 aliphatic heterocycles. The van der Waals surface area contributed by atoms with Gasteiger partial charge >= 0.3 is 0 Å². The fraction of sp³-hybridized carbons (Fsp3) is 0.280. The van der Waals surface area contributed by atoms with Gasteiger partial charge in [-0.2, -0.15) is 0 Å². The third-order valence-corrected chi connectivity index (χ3v) is 8.08. The minimum absolute atomic E-state index is 0. The Kier molecular flexibility index (Phi) is 9.05. The molecule has 0 amide bonds. The summed E-state index contributed by atoms with van der Waals surface area (Å²) < 4.78 is 68.9. The highest BCUT2D eigenvalue weighted by molar-refractivity contribution is 7.92. The molecule has 4 rings (SSSR count). The van der Waals surface area contributed by atoms with Gasteiger partial charge in [-0.1, -0.05) is 17.7 Å². The van der Waals surface area contributed by atoms with Crippen LogP contribution >= 0.6 is 24.0 Å². The molecule has 1 atom stereocenters. The molecule has 1 heterocycles. The van der Waals surface area contributed by atoms with Gasteiger partial charge < -0.3 is 14.8 Å². The highest BCUT2D eigenvalue weighted by Gasteiger charge is 2.35. The molecule has 0 aromatic heterocycles. The predicted molar refractivity (Wildman–Crippen MR) is 138 cm³/mol. The molecule has 194 valence electrons. The molecular weight excluding hydrogens is 533 g/mol. The lowest BCUT2D eigenvalue weighted by Crippen LogP contribution is -2.42. The van der Waals surface area contributed by atoms with Gasteiger partial charge in [0, 0.05) is 29.6 Å². The fourth-order valence-electron chi connectivity index (χ4n) is 4.25. The summed E-state index contributed by atoms with van der Waals surface area (Å²) >= 11 is 6.23. The van der Waals surface area contributed by atoms with Gasteiger partial charge in [0.25, 0.3) is 10.0 Å². The van der Waals surface area contributed by atoms with Crippen molar-refractivity contribution in [2.75, 3.05) is 31.6 Å². The van der Waals surface area contributed by atoms with E-state index in [-0.39, 0.29) is 35.0 Å². The lowest BCUT2D eigenvalue weighted by atomic mass is 10.0. The smallest absolute Gasteiger partial charge is 0.264 e. The lowest BCUT2D eigenvalue weighted by molar-refractivity contribution is 0.354.